The molecule has 0 aliphatic heterocycles. The van der Waals surface area contributed by atoms with Gasteiger partial charge in [-0.2, -0.15) is 0 Å². The van der Waals surface area contributed by atoms with E-state index in [-0.39, 0.29) is 26.8 Å². The van der Waals surface area contributed by atoms with Crippen molar-refractivity contribution in [3.05, 3.63) is 0 Å². The predicted octanol–water partition coefficient (Wildman–Crippen LogP) is 0.148. The highest BCUT2D eigenvalue weighted by atomic mass is 16.5. The molecule has 3 nitrogen and oxygen atoms in total. The molecule has 0 rings (SSSR count). The number of Topliss-reactive ketones (excluding diaryl/α,β-unsaturated/α-hetero) is 1. The molecule has 0 bridgehead atoms. The lowest BCUT2D eigenvalue weighted by atomic mass is 10.3. The van der Waals surface area contributed by atoms with Gasteiger partial charge in [0.1, 0.15) is 5.78 Å². The third kappa shape index (κ3) is 10.2. The van der Waals surface area contributed by atoms with Crippen molar-refractivity contribution in [2.75, 3.05) is 6.61 Å². The first kappa shape index (κ1) is 11.9. The molecule has 0 aliphatic rings. The summed E-state index contributed by atoms with van der Waals surface area (Å²) in [4.78, 5) is 20.3. The topological polar surface area (TPSA) is 43.4 Å². The second-order valence-electron chi connectivity index (χ2n) is 1.79. The molecular formula is C6H10BO3. The third-order valence-electron chi connectivity index (χ3n) is 0.759. The lowest BCUT2D eigenvalue weighted by Gasteiger charge is -1.96. The van der Waals surface area contributed by atoms with Crippen LogP contribution < -0.4 is 0 Å². The summed E-state index contributed by atoms with van der Waals surface area (Å²) in [6.07, 6.45) is 0.319. The molecule has 0 fully saturated rings. The van der Waals surface area contributed by atoms with Gasteiger partial charge in [-0.1, -0.05) is 0 Å². The molecule has 0 saturated heterocycles. The van der Waals surface area contributed by atoms with Crippen LogP contribution >= 0.6 is 0 Å². The highest BCUT2D eigenvalue weighted by molar-refractivity contribution is 5.76. The first-order valence-electron chi connectivity index (χ1n) is 2.75. The summed E-state index contributed by atoms with van der Waals surface area (Å²) < 4.78 is 4.49. The maximum atomic E-state index is 10.2. The number of ether oxygens (including phenoxy) is 1. The molecule has 55 valence electrons. The van der Waals surface area contributed by atoms with E-state index in [2.05, 4.69) is 4.74 Å². The molecular weight excluding hydrogens is 131 g/mol. The standard InChI is InChI=1S/C6H10O3.B/c1-5(7)3-4-9-6(2)8;/h3-4H2,1-2H3;. The van der Waals surface area contributed by atoms with Gasteiger partial charge in [0.2, 0.25) is 0 Å². The van der Waals surface area contributed by atoms with Gasteiger partial charge in [0.25, 0.3) is 0 Å². The van der Waals surface area contributed by atoms with E-state index < -0.39 is 0 Å². The molecule has 4 heteroatoms. The Morgan fingerprint density at radius 3 is 2.10 bits per heavy atom. The van der Waals surface area contributed by atoms with E-state index >= 15 is 0 Å². The molecule has 0 atom stereocenters. The highest BCUT2D eigenvalue weighted by Crippen LogP contribution is 1.83. The van der Waals surface area contributed by atoms with Gasteiger partial charge in [0.05, 0.1) is 6.61 Å². The number of ketones is 1. The quantitative estimate of drug-likeness (QED) is 0.415. The third-order valence-corrected chi connectivity index (χ3v) is 0.759. The maximum Gasteiger partial charge on any atom is 0.302 e. The monoisotopic (exact) mass is 141 g/mol. The summed E-state index contributed by atoms with van der Waals surface area (Å²) >= 11 is 0. The Hall–Kier alpha value is -0.795. The summed E-state index contributed by atoms with van der Waals surface area (Å²) in [5.74, 6) is -0.299. The summed E-state index contributed by atoms with van der Waals surface area (Å²) in [6.45, 7) is 2.99. The van der Waals surface area contributed by atoms with Crippen LogP contribution in [-0.4, -0.2) is 26.8 Å². The molecule has 0 spiro atoms. The van der Waals surface area contributed by atoms with Crippen molar-refractivity contribution < 1.29 is 14.3 Å². The zero-order chi connectivity index (χ0) is 7.28. The van der Waals surface area contributed by atoms with Gasteiger partial charge >= 0.3 is 5.97 Å². The second kappa shape index (κ2) is 6.33. The fourth-order valence-electron chi connectivity index (χ4n) is 0.338. The number of esters is 1. The first-order valence-corrected chi connectivity index (χ1v) is 2.75. The van der Waals surface area contributed by atoms with Gasteiger partial charge in [0, 0.05) is 21.8 Å². The highest BCUT2D eigenvalue weighted by Gasteiger charge is 1.94. The number of hydrogen-bond donors (Lipinski definition) is 0. The van der Waals surface area contributed by atoms with Crippen LogP contribution in [-0.2, 0) is 14.3 Å². The van der Waals surface area contributed by atoms with E-state index in [4.69, 9.17) is 0 Å². The van der Waals surface area contributed by atoms with Crippen molar-refractivity contribution >= 4 is 20.2 Å². The van der Waals surface area contributed by atoms with Crippen LogP contribution in [0.3, 0.4) is 0 Å². The van der Waals surface area contributed by atoms with E-state index in [1.807, 2.05) is 0 Å². The fourth-order valence-corrected chi connectivity index (χ4v) is 0.338. The van der Waals surface area contributed by atoms with Gasteiger partial charge in [0.15, 0.2) is 0 Å². The van der Waals surface area contributed by atoms with Crippen LogP contribution in [0.4, 0.5) is 0 Å². The van der Waals surface area contributed by atoms with Crippen molar-refractivity contribution in [3.63, 3.8) is 0 Å². The molecule has 10 heavy (non-hydrogen) atoms. The second-order valence-corrected chi connectivity index (χ2v) is 1.79. The average Bonchev–Trinajstić information content (AvgIpc) is 1.63. The lowest BCUT2D eigenvalue weighted by Crippen LogP contribution is -2.03. The Balaban J connectivity index is 0. The number of carbonyl (C=O) groups excluding carboxylic acids is 2. The van der Waals surface area contributed by atoms with Crippen LogP contribution in [0.1, 0.15) is 20.3 Å². The van der Waals surface area contributed by atoms with E-state index in [1.165, 1.54) is 13.8 Å². The molecule has 0 heterocycles. The summed E-state index contributed by atoms with van der Waals surface area (Å²) in [5.41, 5.74) is 0. The number of rotatable bonds is 3. The molecule has 0 unspecified atom stereocenters. The smallest absolute Gasteiger partial charge is 0.302 e. The minimum Gasteiger partial charge on any atom is -0.465 e. The SMILES string of the molecule is CC(=O)CCOC(C)=O.[B]. The van der Waals surface area contributed by atoms with Crippen LogP contribution in [0.25, 0.3) is 0 Å². The van der Waals surface area contributed by atoms with E-state index in [0.29, 0.717) is 6.42 Å². The predicted molar refractivity (Wildman–Crippen MR) is 37.7 cm³/mol. The molecule has 0 aromatic heterocycles. The lowest BCUT2D eigenvalue weighted by molar-refractivity contribution is -0.141. The van der Waals surface area contributed by atoms with Gasteiger partial charge in [-0.3, -0.25) is 9.59 Å². The Kier molecular flexibility index (Phi) is 7.55. The molecule has 0 N–H and O–H groups in total. The molecule has 3 radical (unpaired) electrons. The van der Waals surface area contributed by atoms with Crippen molar-refractivity contribution in [2.24, 2.45) is 0 Å². The summed E-state index contributed by atoms with van der Waals surface area (Å²) in [6, 6.07) is 0. The zero-order valence-corrected chi connectivity index (χ0v) is 6.22. The van der Waals surface area contributed by atoms with Crippen LogP contribution in [0, 0.1) is 0 Å². The van der Waals surface area contributed by atoms with Crippen LogP contribution in [0.5, 0.6) is 0 Å². The summed E-state index contributed by atoms with van der Waals surface area (Å²) in [7, 11) is 0. The van der Waals surface area contributed by atoms with Crippen molar-refractivity contribution in [2.45, 2.75) is 20.3 Å². The zero-order valence-electron chi connectivity index (χ0n) is 6.22. The van der Waals surface area contributed by atoms with E-state index in [1.54, 1.807) is 0 Å². The minimum absolute atomic E-state index is 0. The Morgan fingerprint density at radius 1 is 1.30 bits per heavy atom. The van der Waals surface area contributed by atoms with Gasteiger partial charge in [-0.15, -0.1) is 0 Å². The molecule has 0 amide bonds. The largest absolute Gasteiger partial charge is 0.465 e. The molecule has 0 aromatic carbocycles. The Labute approximate surface area is 62.3 Å². The first-order chi connectivity index (χ1) is 4.13. The van der Waals surface area contributed by atoms with E-state index in [9.17, 15) is 9.59 Å². The van der Waals surface area contributed by atoms with Gasteiger partial charge in [-0.25, -0.2) is 0 Å². The van der Waals surface area contributed by atoms with Crippen molar-refractivity contribution in [1.29, 1.82) is 0 Å². The van der Waals surface area contributed by atoms with Gasteiger partial charge < -0.3 is 4.74 Å². The number of hydrogen-bond acceptors (Lipinski definition) is 3. The molecule has 0 saturated carbocycles. The minimum atomic E-state index is -0.337. The molecule has 0 aromatic rings. The van der Waals surface area contributed by atoms with Crippen molar-refractivity contribution in [3.8, 4) is 0 Å². The van der Waals surface area contributed by atoms with Crippen molar-refractivity contribution in [1.82, 2.24) is 0 Å². The van der Waals surface area contributed by atoms with Crippen LogP contribution in [0.2, 0.25) is 0 Å². The summed E-state index contributed by atoms with van der Waals surface area (Å²) in [5, 5.41) is 0. The normalized spacial score (nSPS) is 7.80. The van der Waals surface area contributed by atoms with Crippen LogP contribution in [0.15, 0.2) is 0 Å². The van der Waals surface area contributed by atoms with Gasteiger partial charge in [-0.05, 0) is 6.92 Å². The Morgan fingerprint density at radius 2 is 1.80 bits per heavy atom. The fraction of sp³-hybridized carbons (Fsp3) is 0.667. The van der Waals surface area contributed by atoms with E-state index in [0.717, 1.165) is 0 Å². The average molecular weight is 141 g/mol. The Bertz CT molecular complexity index is 108. The maximum absolute atomic E-state index is 10.2. The molecule has 0 aliphatic carbocycles. The number of carbonyl (C=O) groups is 2.